The van der Waals surface area contributed by atoms with Crippen molar-refractivity contribution in [3.8, 4) is 0 Å². The van der Waals surface area contributed by atoms with Crippen molar-refractivity contribution in [1.82, 2.24) is 0 Å². The number of carbonyl (C=O) groups excluding carboxylic acids is 1. The molecule has 4 aliphatic carbocycles. The molecule has 0 radical (unpaired) electrons. The summed E-state index contributed by atoms with van der Waals surface area (Å²) >= 11 is 0. The van der Waals surface area contributed by atoms with E-state index < -0.39 is 0 Å². The molecule has 4 saturated carbocycles. The van der Waals surface area contributed by atoms with Crippen molar-refractivity contribution in [2.45, 2.75) is 76.7 Å². The fourth-order valence-corrected chi connectivity index (χ4v) is 7.50. The summed E-state index contributed by atoms with van der Waals surface area (Å²) in [7, 11) is 1.51. The topological polar surface area (TPSA) is 52.3 Å². The van der Waals surface area contributed by atoms with Crippen LogP contribution in [0.2, 0.25) is 0 Å². The van der Waals surface area contributed by atoms with E-state index in [2.05, 4.69) is 6.92 Å². The summed E-state index contributed by atoms with van der Waals surface area (Å²) in [6.45, 7) is 2.59. The minimum Gasteiger partial charge on any atom is -0.469 e. The van der Waals surface area contributed by atoms with Crippen LogP contribution in [0, 0.1) is 35.0 Å². The number of hydrogen-bond donors (Lipinski definition) is 1. The molecular formula is C20H33NO2. The second-order valence-corrected chi connectivity index (χ2v) is 9.21. The van der Waals surface area contributed by atoms with Crippen LogP contribution in [-0.2, 0) is 9.53 Å². The molecule has 130 valence electrons. The van der Waals surface area contributed by atoms with Gasteiger partial charge >= 0.3 is 5.97 Å². The van der Waals surface area contributed by atoms with Gasteiger partial charge in [-0.3, -0.25) is 4.79 Å². The SMILES string of the molecule is COC(=O)[C@H]1CC[C@H]2[C@@H]3CCC4CCCC[C@]4(C)[C@H]3CC[C@]12N. The summed E-state index contributed by atoms with van der Waals surface area (Å²) < 4.78 is 5.07. The van der Waals surface area contributed by atoms with Crippen molar-refractivity contribution < 1.29 is 9.53 Å². The van der Waals surface area contributed by atoms with E-state index in [4.69, 9.17) is 10.5 Å². The summed E-state index contributed by atoms with van der Waals surface area (Å²) in [5, 5.41) is 0. The van der Waals surface area contributed by atoms with Crippen molar-refractivity contribution in [3.05, 3.63) is 0 Å². The van der Waals surface area contributed by atoms with Gasteiger partial charge < -0.3 is 10.5 Å². The van der Waals surface area contributed by atoms with Gasteiger partial charge in [-0.1, -0.05) is 19.8 Å². The molecule has 1 unspecified atom stereocenters. The van der Waals surface area contributed by atoms with E-state index >= 15 is 0 Å². The monoisotopic (exact) mass is 319 g/mol. The third-order valence-electron chi connectivity index (χ3n) is 8.66. The number of nitrogens with two attached hydrogens (primary N) is 1. The van der Waals surface area contributed by atoms with Crippen LogP contribution >= 0.6 is 0 Å². The smallest absolute Gasteiger partial charge is 0.310 e. The summed E-state index contributed by atoms with van der Waals surface area (Å²) in [6, 6.07) is 0. The lowest BCUT2D eigenvalue weighted by atomic mass is 9.46. The van der Waals surface area contributed by atoms with Gasteiger partial charge in [0.15, 0.2) is 0 Å². The maximum absolute atomic E-state index is 12.2. The lowest BCUT2D eigenvalue weighted by Crippen LogP contribution is -2.61. The molecule has 0 aromatic rings. The summed E-state index contributed by atoms with van der Waals surface area (Å²) in [4.78, 5) is 12.2. The Kier molecular flexibility index (Phi) is 3.79. The number of ether oxygens (including phenoxy) is 1. The molecule has 0 saturated heterocycles. The zero-order valence-corrected chi connectivity index (χ0v) is 14.9. The Morgan fingerprint density at radius 3 is 2.61 bits per heavy atom. The van der Waals surface area contributed by atoms with Gasteiger partial charge in [0, 0.05) is 5.54 Å². The number of fused-ring (bicyclic) bond motifs is 5. The van der Waals surface area contributed by atoms with Crippen molar-refractivity contribution in [3.63, 3.8) is 0 Å². The molecule has 2 N–H and O–H groups in total. The van der Waals surface area contributed by atoms with E-state index in [-0.39, 0.29) is 17.4 Å². The minimum absolute atomic E-state index is 0.0599. The molecule has 0 bridgehead atoms. The van der Waals surface area contributed by atoms with Crippen LogP contribution in [0.5, 0.6) is 0 Å². The Morgan fingerprint density at radius 1 is 1.00 bits per heavy atom. The highest BCUT2D eigenvalue weighted by Gasteiger charge is 2.61. The van der Waals surface area contributed by atoms with Crippen molar-refractivity contribution in [1.29, 1.82) is 0 Å². The quantitative estimate of drug-likeness (QED) is 0.746. The first-order valence-electron chi connectivity index (χ1n) is 9.87. The van der Waals surface area contributed by atoms with Crippen LogP contribution in [0.25, 0.3) is 0 Å². The van der Waals surface area contributed by atoms with Gasteiger partial charge in [0.2, 0.25) is 0 Å². The highest BCUT2D eigenvalue weighted by Crippen LogP contribution is 2.64. The second-order valence-electron chi connectivity index (χ2n) is 9.21. The predicted octanol–water partition coefficient (Wildman–Crippen LogP) is 3.90. The average Bonchev–Trinajstić information content (AvgIpc) is 2.91. The van der Waals surface area contributed by atoms with Crippen molar-refractivity contribution >= 4 is 5.97 Å². The van der Waals surface area contributed by atoms with Gasteiger partial charge in [0.05, 0.1) is 13.0 Å². The van der Waals surface area contributed by atoms with Crippen LogP contribution in [0.4, 0.5) is 0 Å². The standard InChI is InChI=1S/C20H33NO2/c1-19-11-4-3-5-13(19)6-7-14-15(19)10-12-20(21)16(14)8-9-17(20)18(22)23-2/h13-17H,3-12,21H2,1-2H3/t13?,14-,15+,16+,17-,19+,20-/m1/s1. The largest absolute Gasteiger partial charge is 0.469 e. The number of esters is 1. The van der Waals surface area contributed by atoms with E-state index in [9.17, 15) is 4.79 Å². The van der Waals surface area contributed by atoms with Gasteiger partial charge in [-0.15, -0.1) is 0 Å². The Balaban J connectivity index is 1.61. The lowest BCUT2D eigenvalue weighted by molar-refractivity contribution is -0.150. The van der Waals surface area contributed by atoms with Crippen LogP contribution < -0.4 is 5.73 Å². The molecule has 3 nitrogen and oxygen atoms in total. The van der Waals surface area contributed by atoms with Crippen LogP contribution in [-0.4, -0.2) is 18.6 Å². The Labute approximate surface area is 140 Å². The molecule has 7 atom stereocenters. The minimum atomic E-state index is -0.286. The Morgan fingerprint density at radius 2 is 1.83 bits per heavy atom. The molecule has 0 heterocycles. The number of carbonyl (C=O) groups is 1. The zero-order valence-electron chi connectivity index (χ0n) is 14.9. The molecule has 23 heavy (non-hydrogen) atoms. The zero-order chi connectivity index (χ0) is 16.2. The lowest BCUT2D eigenvalue weighted by Gasteiger charge is -2.60. The highest BCUT2D eigenvalue weighted by molar-refractivity contribution is 5.74. The van der Waals surface area contributed by atoms with E-state index in [0.29, 0.717) is 11.3 Å². The predicted molar refractivity (Wildman–Crippen MR) is 90.7 cm³/mol. The Bertz CT molecular complexity index is 492. The van der Waals surface area contributed by atoms with E-state index in [0.717, 1.165) is 37.0 Å². The molecule has 4 fully saturated rings. The van der Waals surface area contributed by atoms with Crippen molar-refractivity contribution in [2.24, 2.45) is 40.7 Å². The molecule has 4 rings (SSSR count). The number of methoxy groups -OCH3 is 1. The van der Waals surface area contributed by atoms with Gasteiger partial charge in [-0.2, -0.15) is 0 Å². The van der Waals surface area contributed by atoms with Crippen LogP contribution in [0.1, 0.15) is 71.1 Å². The summed E-state index contributed by atoms with van der Waals surface area (Å²) in [5.41, 5.74) is 7.16. The van der Waals surface area contributed by atoms with E-state index in [1.807, 2.05) is 0 Å². The van der Waals surface area contributed by atoms with Crippen LogP contribution in [0.3, 0.4) is 0 Å². The molecule has 0 aromatic carbocycles. The van der Waals surface area contributed by atoms with Gasteiger partial charge in [-0.25, -0.2) is 0 Å². The molecular weight excluding hydrogens is 286 g/mol. The van der Waals surface area contributed by atoms with Gasteiger partial charge in [-0.05, 0) is 80.5 Å². The first-order chi connectivity index (χ1) is 11.0. The first kappa shape index (κ1) is 15.9. The third-order valence-corrected chi connectivity index (χ3v) is 8.66. The summed E-state index contributed by atoms with van der Waals surface area (Å²) in [6.07, 6.45) is 12.8. The van der Waals surface area contributed by atoms with E-state index in [1.54, 1.807) is 0 Å². The molecule has 0 aromatic heterocycles. The first-order valence-corrected chi connectivity index (χ1v) is 9.87. The molecule has 4 aliphatic rings. The summed E-state index contributed by atoms with van der Waals surface area (Å²) in [5.74, 6) is 2.97. The van der Waals surface area contributed by atoms with Gasteiger partial charge in [0.25, 0.3) is 0 Å². The molecule has 0 amide bonds. The average molecular weight is 319 g/mol. The Hall–Kier alpha value is -0.570. The molecule has 3 heteroatoms. The second kappa shape index (κ2) is 5.47. The maximum Gasteiger partial charge on any atom is 0.310 e. The third kappa shape index (κ3) is 2.14. The fourth-order valence-electron chi connectivity index (χ4n) is 7.50. The van der Waals surface area contributed by atoms with E-state index in [1.165, 1.54) is 52.1 Å². The maximum atomic E-state index is 12.2. The fraction of sp³-hybridized carbons (Fsp3) is 0.950. The normalized spacial score (nSPS) is 52.2. The van der Waals surface area contributed by atoms with Gasteiger partial charge in [0.1, 0.15) is 0 Å². The highest BCUT2D eigenvalue weighted by atomic mass is 16.5. The van der Waals surface area contributed by atoms with Crippen LogP contribution in [0.15, 0.2) is 0 Å². The molecule has 0 aliphatic heterocycles. The van der Waals surface area contributed by atoms with Crippen molar-refractivity contribution in [2.75, 3.05) is 7.11 Å². The number of hydrogen-bond acceptors (Lipinski definition) is 3. The molecule has 0 spiro atoms. The number of rotatable bonds is 1.